The number of esters is 1. The molecule has 2 heterocycles. The lowest BCUT2D eigenvalue weighted by Gasteiger charge is -2.23. The molecule has 0 radical (unpaired) electrons. The van der Waals surface area contributed by atoms with Crippen molar-refractivity contribution >= 4 is 23.2 Å². The van der Waals surface area contributed by atoms with Gasteiger partial charge in [0.05, 0.1) is 0 Å². The Morgan fingerprint density at radius 2 is 1.88 bits per heavy atom. The van der Waals surface area contributed by atoms with Crippen LogP contribution in [-0.2, 0) is 20.9 Å². The van der Waals surface area contributed by atoms with Crippen molar-refractivity contribution in [3.63, 3.8) is 0 Å². The Hall–Kier alpha value is -2.41. The maximum Gasteiger partial charge on any atom is 0.327 e. The molecule has 0 N–H and O–H groups in total. The van der Waals surface area contributed by atoms with Crippen LogP contribution in [0.4, 0.5) is 0 Å². The van der Waals surface area contributed by atoms with E-state index in [0.29, 0.717) is 24.3 Å². The zero-order chi connectivity index (χ0) is 17.8. The minimum Gasteiger partial charge on any atom is -0.446 e. The number of rotatable bonds is 5. The summed E-state index contributed by atoms with van der Waals surface area (Å²) in [6.45, 7) is 2.94. The lowest BCUT2D eigenvalue weighted by Crippen LogP contribution is -2.35. The summed E-state index contributed by atoms with van der Waals surface area (Å²) in [7, 11) is 0. The fraction of sp³-hybridized carbons (Fsp3) is 0.389. The van der Waals surface area contributed by atoms with Gasteiger partial charge >= 0.3 is 10.8 Å². The molecule has 0 spiro atoms. The van der Waals surface area contributed by atoms with Crippen molar-refractivity contribution < 1.29 is 14.3 Å². The molecule has 1 fully saturated rings. The fourth-order valence-corrected chi connectivity index (χ4v) is 3.62. The van der Waals surface area contributed by atoms with Crippen LogP contribution in [0.2, 0.25) is 0 Å². The van der Waals surface area contributed by atoms with Crippen molar-refractivity contribution in [3.05, 3.63) is 56.6 Å². The molecule has 6 nitrogen and oxygen atoms in total. The number of carbonyl (C=O) groups is 2. The lowest BCUT2D eigenvalue weighted by atomic mass is 10.1. The SMILES string of the molecule is Cc1csc(=O)n1CC(=O)O[C@H](C(=O)N1CCCC1)c1ccccc1. The van der Waals surface area contributed by atoms with Crippen LogP contribution < -0.4 is 4.87 Å². The van der Waals surface area contributed by atoms with Crippen molar-refractivity contribution in [3.8, 4) is 0 Å². The summed E-state index contributed by atoms with van der Waals surface area (Å²) in [4.78, 5) is 38.5. The molecule has 1 saturated heterocycles. The number of hydrogen-bond acceptors (Lipinski definition) is 5. The van der Waals surface area contributed by atoms with Crippen LogP contribution in [0, 0.1) is 6.92 Å². The third-order valence-corrected chi connectivity index (χ3v) is 5.14. The molecule has 1 atom stereocenters. The van der Waals surface area contributed by atoms with Crippen LogP contribution in [0.25, 0.3) is 0 Å². The lowest BCUT2D eigenvalue weighted by molar-refractivity contribution is -0.161. The largest absolute Gasteiger partial charge is 0.446 e. The minimum absolute atomic E-state index is 0.190. The second kappa shape index (κ2) is 7.65. The second-order valence-electron chi connectivity index (χ2n) is 6.04. The highest BCUT2D eigenvalue weighted by Crippen LogP contribution is 2.23. The summed E-state index contributed by atoms with van der Waals surface area (Å²) < 4.78 is 6.87. The Morgan fingerprint density at radius 3 is 2.48 bits per heavy atom. The van der Waals surface area contributed by atoms with E-state index >= 15 is 0 Å². The van der Waals surface area contributed by atoms with E-state index in [1.807, 2.05) is 6.07 Å². The Bertz CT molecular complexity index is 806. The first-order valence-corrected chi connectivity index (χ1v) is 9.12. The first-order chi connectivity index (χ1) is 12.1. The average molecular weight is 360 g/mol. The fourth-order valence-electron chi connectivity index (χ4n) is 2.89. The molecule has 2 aromatic rings. The summed E-state index contributed by atoms with van der Waals surface area (Å²) >= 11 is 1.04. The number of aryl methyl sites for hydroxylation is 1. The standard InChI is InChI=1S/C18H20N2O4S/c1-13-12-25-18(23)20(13)11-15(21)24-16(14-7-3-2-4-8-14)17(22)19-9-5-6-10-19/h2-4,7-8,12,16H,5-6,9-11H2,1H3/t16-/m0/s1. The third-order valence-electron chi connectivity index (χ3n) is 4.26. The first-order valence-electron chi connectivity index (χ1n) is 8.24. The maximum atomic E-state index is 12.8. The summed E-state index contributed by atoms with van der Waals surface area (Å²) in [6, 6.07) is 9.00. The topological polar surface area (TPSA) is 68.6 Å². The number of nitrogens with zero attached hydrogens (tertiary/aromatic N) is 2. The number of amides is 1. The van der Waals surface area contributed by atoms with E-state index in [1.54, 1.807) is 41.5 Å². The van der Waals surface area contributed by atoms with E-state index in [9.17, 15) is 14.4 Å². The quantitative estimate of drug-likeness (QED) is 0.766. The predicted molar refractivity (Wildman–Crippen MR) is 94.4 cm³/mol. The van der Waals surface area contributed by atoms with Gasteiger partial charge in [-0.15, -0.1) is 0 Å². The Kier molecular flexibility index (Phi) is 5.33. The van der Waals surface area contributed by atoms with Gasteiger partial charge in [-0.1, -0.05) is 41.7 Å². The van der Waals surface area contributed by atoms with E-state index in [4.69, 9.17) is 4.74 Å². The van der Waals surface area contributed by atoms with E-state index in [1.165, 1.54) is 4.57 Å². The average Bonchev–Trinajstić information content (AvgIpc) is 3.26. The van der Waals surface area contributed by atoms with Gasteiger partial charge in [0.15, 0.2) is 0 Å². The van der Waals surface area contributed by atoms with Gasteiger partial charge in [0.2, 0.25) is 6.10 Å². The number of likely N-dealkylation sites (tertiary alicyclic amines) is 1. The van der Waals surface area contributed by atoms with Gasteiger partial charge in [0, 0.05) is 29.7 Å². The molecule has 0 bridgehead atoms. The van der Waals surface area contributed by atoms with E-state index in [-0.39, 0.29) is 17.3 Å². The van der Waals surface area contributed by atoms with Crippen molar-refractivity contribution in [2.75, 3.05) is 13.1 Å². The zero-order valence-corrected chi connectivity index (χ0v) is 14.8. The summed E-state index contributed by atoms with van der Waals surface area (Å²) in [5, 5.41) is 1.69. The summed E-state index contributed by atoms with van der Waals surface area (Å²) in [5.74, 6) is -0.795. The number of hydrogen-bond donors (Lipinski definition) is 0. The molecule has 1 amide bonds. The molecule has 1 aromatic heterocycles. The molecule has 25 heavy (non-hydrogen) atoms. The number of benzene rings is 1. The van der Waals surface area contributed by atoms with E-state index < -0.39 is 12.1 Å². The van der Waals surface area contributed by atoms with Crippen LogP contribution in [0.1, 0.15) is 30.2 Å². The number of carbonyl (C=O) groups excluding carboxylic acids is 2. The molecule has 7 heteroatoms. The van der Waals surface area contributed by atoms with Crippen LogP contribution in [0.5, 0.6) is 0 Å². The zero-order valence-electron chi connectivity index (χ0n) is 14.0. The van der Waals surface area contributed by atoms with Crippen molar-refractivity contribution in [2.24, 2.45) is 0 Å². The van der Waals surface area contributed by atoms with Crippen LogP contribution in [-0.4, -0.2) is 34.4 Å². The van der Waals surface area contributed by atoms with Crippen molar-refractivity contribution in [2.45, 2.75) is 32.4 Å². The van der Waals surface area contributed by atoms with Gasteiger partial charge in [-0.25, -0.2) is 0 Å². The van der Waals surface area contributed by atoms with Gasteiger partial charge in [-0.2, -0.15) is 0 Å². The molecule has 0 unspecified atom stereocenters. The molecule has 1 aliphatic rings. The van der Waals surface area contributed by atoms with Gasteiger partial charge in [-0.05, 0) is 19.8 Å². The molecule has 132 valence electrons. The number of thiazole rings is 1. The van der Waals surface area contributed by atoms with Crippen LogP contribution in [0.3, 0.4) is 0 Å². The van der Waals surface area contributed by atoms with Gasteiger partial charge in [0.25, 0.3) is 5.91 Å². The monoisotopic (exact) mass is 360 g/mol. The molecule has 0 aliphatic carbocycles. The maximum absolute atomic E-state index is 12.8. The molecule has 1 aliphatic heterocycles. The smallest absolute Gasteiger partial charge is 0.327 e. The number of ether oxygens (including phenoxy) is 1. The van der Waals surface area contributed by atoms with Gasteiger partial charge < -0.3 is 9.64 Å². The van der Waals surface area contributed by atoms with E-state index in [0.717, 1.165) is 24.2 Å². The highest BCUT2D eigenvalue weighted by Gasteiger charge is 2.31. The van der Waals surface area contributed by atoms with Crippen molar-refractivity contribution in [1.29, 1.82) is 0 Å². The third kappa shape index (κ3) is 3.99. The Labute approximate surface area is 149 Å². The van der Waals surface area contributed by atoms with Crippen LogP contribution >= 0.6 is 11.3 Å². The van der Waals surface area contributed by atoms with Crippen LogP contribution in [0.15, 0.2) is 40.5 Å². The first kappa shape index (κ1) is 17.4. The Balaban J connectivity index is 1.78. The normalized spacial score (nSPS) is 15.2. The molecule has 0 saturated carbocycles. The van der Waals surface area contributed by atoms with Crippen molar-refractivity contribution in [1.82, 2.24) is 9.47 Å². The summed E-state index contributed by atoms with van der Waals surface area (Å²) in [6.07, 6.45) is 0.955. The molecule has 1 aromatic carbocycles. The highest BCUT2D eigenvalue weighted by molar-refractivity contribution is 7.07. The second-order valence-corrected chi connectivity index (χ2v) is 6.86. The highest BCUT2D eigenvalue weighted by atomic mass is 32.1. The predicted octanol–water partition coefficient (Wildman–Crippen LogP) is 2.13. The molecule has 3 rings (SSSR count). The van der Waals surface area contributed by atoms with Gasteiger partial charge in [-0.3, -0.25) is 19.0 Å². The minimum atomic E-state index is -0.971. The molecular formula is C18H20N2O4S. The van der Waals surface area contributed by atoms with E-state index in [2.05, 4.69) is 0 Å². The summed E-state index contributed by atoms with van der Waals surface area (Å²) in [5.41, 5.74) is 1.34. The molecular weight excluding hydrogens is 340 g/mol. The Morgan fingerprint density at radius 1 is 1.20 bits per heavy atom. The van der Waals surface area contributed by atoms with Gasteiger partial charge in [0.1, 0.15) is 6.54 Å². The number of aromatic nitrogens is 1.